The summed E-state index contributed by atoms with van der Waals surface area (Å²) in [6.07, 6.45) is 15.8. The lowest BCUT2D eigenvalue weighted by molar-refractivity contribution is 0.680. The Morgan fingerprint density at radius 1 is 1.00 bits per heavy atom. The van der Waals surface area contributed by atoms with Crippen molar-refractivity contribution >= 4 is 5.57 Å². The topological polar surface area (TPSA) is 52.0 Å². The van der Waals surface area contributed by atoms with Gasteiger partial charge in [-0.2, -0.15) is 0 Å². The molecule has 108 valence electrons. The first-order valence-corrected chi connectivity index (χ1v) is 7.59. The van der Waals surface area contributed by atoms with Gasteiger partial charge in [0.1, 0.15) is 0 Å². The predicted octanol–water partition coefficient (Wildman–Crippen LogP) is 3.63. The summed E-state index contributed by atoms with van der Waals surface area (Å²) in [6.45, 7) is 0. The second-order valence-electron chi connectivity index (χ2n) is 5.70. The number of nitrogens with two attached hydrogens (primary N) is 2. The molecule has 4 N–H and O–H groups in total. The van der Waals surface area contributed by atoms with E-state index in [0.29, 0.717) is 0 Å². The largest absolute Gasteiger partial charge is 0.324 e. The zero-order valence-corrected chi connectivity index (χ0v) is 12.2. The highest BCUT2D eigenvalue weighted by Crippen LogP contribution is 2.28. The quantitative estimate of drug-likeness (QED) is 0.887. The third-order valence-corrected chi connectivity index (χ3v) is 4.26. The third-order valence-electron chi connectivity index (χ3n) is 4.26. The maximum Gasteiger partial charge on any atom is 0.0529 e. The molecule has 0 spiro atoms. The molecule has 0 saturated carbocycles. The standard InChI is InChI=1S/C19H22N2/c20-18-9-5-4-8-17(18)19(21)16-12-10-15(11-13-16)14-6-2-1-3-7-14/h1-2,4-6,8,10-13,18-19H,3,7,9,20-21H2. The first kappa shape index (κ1) is 14.1. The van der Waals surface area contributed by atoms with Gasteiger partial charge in [-0.05, 0) is 41.5 Å². The molecule has 2 nitrogen and oxygen atoms in total. The fourth-order valence-corrected chi connectivity index (χ4v) is 2.94. The first-order valence-electron chi connectivity index (χ1n) is 7.59. The second kappa shape index (κ2) is 6.25. The molecule has 0 heterocycles. The molecule has 21 heavy (non-hydrogen) atoms. The summed E-state index contributed by atoms with van der Waals surface area (Å²) in [6, 6.07) is 8.53. The van der Waals surface area contributed by atoms with Crippen molar-refractivity contribution in [1.82, 2.24) is 0 Å². The fourth-order valence-electron chi connectivity index (χ4n) is 2.94. The Morgan fingerprint density at radius 3 is 2.43 bits per heavy atom. The van der Waals surface area contributed by atoms with Crippen LogP contribution in [-0.2, 0) is 0 Å². The molecule has 1 aromatic rings. The third kappa shape index (κ3) is 3.07. The molecule has 2 aliphatic carbocycles. The van der Waals surface area contributed by atoms with Gasteiger partial charge in [-0.3, -0.25) is 0 Å². The molecule has 2 aliphatic rings. The van der Waals surface area contributed by atoms with E-state index in [1.54, 1.807) is 0 Å². The molecule has 0 saturated heterocycles. The molecular weight excluding hydrogens is 256 g/mol. The summed E-state index contributed by atoms with van der Waals surface area (Å²) in [5, 5.41) is 0. The van der Waals surface area contributed by atoms with E-state index in [2.05, 4.69) is 54.6 Å². The van der Waals surface area contributed by atoms with E-state index in [9.17, 15) is 0 Å². The summed E-state index contributed by atoms with van der Waals surface area (Å²) in [4.78, 5) is 0. The predicted molar refractivity (Wildman–Crippen MR) is 89.5 cm³/mol. The van der Waals surface area contributed by atoms with Gasteiger partial charge in [0, 0.05) is 6.04 Å². The molecule has 1 aromatic carbocycles. The number of allylic oxidation sites excluding steroid dienone is 6. The van der Waals surface area contributed by atoms with E-state index in [4.69, 9.17) is 11.5 Å². The molecule has 3 rings (SSSR count). The summed E-state index contributed by atoms with van der Waals surface area (Å²) in [7, 11) is 0. The van der Waals surface area contributed by atoms with Gasteiger partial charge in [0.15, 0.2) is 0 Å². The SMILES string of the molecule is NC1CC=CC=C1C(N)c1ccc(C2=CC=CCC2)cc1. The van der Waals surface area contributed by atoms with Gasteiger partial charge in [-0.15, -0.1) is 0 Å². The van der Waals surface area contributed by atoms with Gasteiger partial charge in [0.25, 0.3) is 0 Å². The summed E-state index contributed by atoms with van der Waals surface area (Å²) in [5.41, 5.74) is 17.5. The van der Waals surface area contributed by atoms with Gasteiger partial charge >= 0.3 is 0 Å². The van der Waals surface area contributed by atoms with Gasteiger partial charge < -0.3 is 11.5 Å². The highest BCUT2D eigenvalue weighted by Gasteiger charge is 2.19. The Morgan fingerprint density at radius 2 is 1.76 bits per heavy atom. The summed E-state index contributed by atoms with van der Waals surface area (Å²) in [5.74, 6) is 0. The molecule has 0 radical (unpaired) electrons. The van der Waals surface area contributed by atoms with Crippen LogP contribution in [0.25, 0.3) is 5.57 Å². The fraction of sp³-hybridized carbons (Fsp3) is 0.263. The highest BCUT2D eigenvalue weighted by atomic mass is 14.7. The molecule has 0 aromatic heterocycles. The number of hydrogen-bond acceptors (Lipinski definition) is 2. The highest BCUT2D eigenvalue weighted by molar-refractivity contribution is 5.68. The Kier molecular flexibility index (Phi) is 4.18. The monoisotopic (exact) mass is 278 g/mol. The molecule has 0 amide bonds. The van der Waals surface area contributed by atoms with Crippen LogP contribution in [0.15, 0.2) is 66.3 Å². The maximum absolute atomic E-state index is 6.38. The van der Waals surface area contributed by atoms with E-state index < -0.39 is 0 Å². The minimum atomic E-state index is -0.112. The molecule has 0 fully saturated rings. The van der Waals surface area contributed by atoms with Crippen LogP contribution in [0.4, 0.5) is 0 Å². The molecule has 2 unspecified atom stereocenters. The molecule has 0 aliphatic heterocycles. The molecular formula is C19H22N2. The summed E-state index contributed by atoms with van der Waals surface area (Å²) >= 11 is 0. The van der Waals surface area contributed by atoms with Crippen molar-refractivity contribution in [2.75, 3.05) is 0 Å². The number of benzene rings is 1. The minimum Gasteiger partial charge on any atom is -0.324 e. The van der Waals surface area contributed by atoms with Crippen LogP contribution in [0.1, 0.15) is 36.4 Å². The Balaban J connectivity index is 1.80. The van der Waals surface area contributed by atoms with Gasteiger partial charge in [-0.1, -0.05) is 60.7 Å². The van der Waals surface area contributed by atoms with E-state index in [1.807, 2.05) is 6.08 Å². The van der Waals surface area contributed by atoms with E-state index in [-0.39, 0.29) is 12.1 Å². The van der Waals surface area contributed by atoms with Crippen molar-refractivity contribution in [2.45, 2.75) is 31.3 Å². The van der Waals surface area contributed by atoms with Gasteiger partial charge in [0.05, 0.1) is 6.04 Å². The van der Waals surface area contributed by atoms with Crippen molar-refractivity contribution in [3.05, 3.63) is 77.4 Å². The Bertz CT molecular complexity index is 617. The van der Waals surface area contributed by atoms with Crippen LogP contribution in [-0.4, -0.2) is 6.04 Å². The molecule has 2 atom stereocenters. The van der Waals surface area contributed by atoms with Crippen molar-refractivity contribution in [3.8, 4) is 0 Å². The summed E-state index contributed by atoms with van der Waals surface area (Å²) < 4.78 is 0. The number of hydrogen-bond donors (Lipinski definition) is 2. The van der Waals surface area contributed by atoms with Crippen LogP contribution >= 0.6 is 0 Å². The second-order valence-corrected chi connectivity index (χ2v) is 5.70. The minimum absolute atomic E-state index is 0.0378. The van der Waals surface area contributed by atoms with Crippen molar-refractivity contribution in [2.24, 2.45) is 11.5 Å². The van der Waals surface area contributed by atoms with E-state index >= 15 is 0 Å². The van der Waals surface area contributed by atoms with Crippen LogP contribution in [0.3, 0.4) is 0 Å². The molecule has 0 bridgehead atoms. The lowest BCUT2D eigenvalue weighted by atomic mass is 9.88. The lowest BCUT2D eigenvalue weighted by Crippen LogP contribution is -2.30. The normalized spacial score (nSPS) is 22.7. The zero-order valence-electron chi connectivity index (χ0n) is 12.2. The van der Waals surface area contributed by atoms with Crippen LogP contribution < -0.4 is 11.5 Å². The van der Waals surface area contributed by atoms with Crippen LogP contribution in [0.5, 0.6) is 0 Å². The average Bonchev–Trinajstić information content (AvgIpc) is 2.56. The average molecular weight is 278 g/mol. The Hall–Kier alpha value is -1.90. The smallest absolute Gasteiger partial charge is 0.0529 e. The van der Waals surface area contributed by atoms with Gasteiger partial charge in [-0.25, -0.2) is 0 Å². The zero-order chi connectivity index (χ0) is 14.7. The van der Waals surface area contributed by atoms with E-state index in [1.165, 1.54) is 11.1 Å². The van der Waals surface area contributed by atoms with Crippen LogP contribution in [0.2, 0.25) is 0 Å². The van der Waals surface area contributed by atoms with E-state index in [0.717, 1.165) is 30.4 Å². The Labute approximate surface area is 126 Å². The maximum atomic E-state index is 6.38. The molecule has 2 heteroatoms. The van der Waals surface area contributed by atoms with Crippen molar-refractivity contribution in [1.29, 1.82) is 0 Å². The van der Waals surface area contributed by atoms with Gasteiger partial charge in [0.2, 0.25) is 0 Å². The first-order chi connectivity index (χ1) is 10.3. The van der Waals surface area contributed by atoms with Crippen molar-refractivity contribution < 1.29 is 0 Å². The van der Waals surface area contributed by atoms with Crippen LogP contribution in [0, 0.1) is 0 Å². The lowest BCUT2D eigenvalue weighted by Gasteiger charge is -2.23. The number of rotatable bonds is 3. The van der Waals surface area contributed by atoms with Crippen molar-refractivity contribution in [3.63, 3.8) is 0 Å².